The van der Waals surface area contributed by atoms with Crippen LogP contribution in [0.5, 0.6) is 0 Å². The monoisotopic (exact) mass is 239 g/mol. The van der Waals surface area contributed by atoms with Crippen molar-refractivity contribution in [3.63, 3.8) is 0 Å². The second-order valence-corrected chi connectivity index (χ2v) is 3.34. The summed E-state index contributed by atoms with van der Waals surface area (Å²) in [4.78, 5) is 0. The van der Waals surface area contributed by atoms with Gasteiger partial charge in [-0.05, 0) is 44.8 Å². The third kappa shape index (κ3) is 1.64. The Morgan fingerprint density at radius 3 is 1.18 bits per heavy atom. The summed E-state index contributed by atoms with van der Waals surface area (Å²) in [6.45, 7) is 11.2. The van der Waals surface area contributed by atoms with Gasteiger partial charge in [-0.25, -0.2) is 0 Å². The molecule has 0 aromatic rings. The Labute approximate surface area is 82.5 Å². The molecule has 0 spiro atoms. The Hall–Kier alpha value is 0.103. The molecule has 0 saturated carbocycles. The molecular formula is C10H16Rh. The van der Waals surface area contributed by atoms with Crippen LogP contribution < -0.4 is 0 Å². The molecule has 1 aliphatic rings. The molecule has 1 radical (unpaired) electrons. The second kappa shape index (κ2) is 3.67. The summed E-state index contributed by atoms with van der Waals surface area (Å²) in [5, 5.41) is 0. The van der Waals surface area contributed by atoms with E-state index in [1.165, 1.54) is 11.1 Å². The summed E-state index contributed by atoms with van der Waals surface area (Å²) >= 11 is 0. The van der Waals surface area contributed by atoms with Gasteiger partial charge in [0.25, 0.3) is 0 Å². The van der Waals surface area contributed by atoms with Gasteiger partial charge in [-0.3, -0.25) is 0 Å². The van der Waals surface area contributed by atoms with Crippen LogP contribution in [0.4, 0.5) is 0 Å². The maximum Gasteiger partial charge on any atom is 0 e. The molecule has 1 rings (SSSR count). The molecule has 0 aliphatic heterocycles. The molecule has 0 aromatic heterocycles. The van der Waals surface area contributed by atoms with E-state index in [9.17, 15) is 0 Å². The summed E-state index contributed by atoms with van der Waals surface area (Å²) in [5.41, 5.74) is 6.11. The first kappa shape index (κ1) is 11.1. The van der Waals surface area contributed by atoms with Crippen molar-refractivity contribution in [2.75, 3.05) is 0 Å². The predicted octanol–water partition coefficient (Wildman–Crippen LogP) is 3.31. The van der Waals surface area contributed by atoms with Gasteiger partial charge in [0.2, 0.25) is 0 Å². The molecule has 0 fully saturated rings. The van der Waals surface area contributed by atoms with Crippen molar-refractivity contribution >= 4 is 0 Å². The van der Waals surface area contributed by atoms with Crippen molar-refractivity contribution in [1.82, 2.24) is 0 Å². The minimum Gasteiger partial charge on any atom is -0.0632 e. The maximum absolute atomic E-state index is 2.28. The molecule has 1 aliphatic carbocycles. The first-order chi connectivity index (χ1) is 4.55. The fraction of sp³-hybridized carbons (Fsp3) is 0.600. The molecular weight excluding hydrogens is 223 g/mol. The fourth-order valence-electron chi connectivity index (χ4n) is 1.57. The fourth-order valence-corrected chi connectivity index (χ4v) is 1.57. The Bertz CT molecular complexity index is 197. The van der Waals surface area contributed by atoms with Gasteiger partial charge in [-0.1, -0.05) is 18.1 Å². The summed E-state index contributed by atoms with van der Waals surface area (Å²) < 4.78 is 0. The normalized spacial score (nSPS) is 19.4. The van der Waals surface area contributed by atoms with Crippen molar-refractivity contribution in [3.8, 4) is 0 Å². The Kier molecular flexibility index (Phi) is 3.70. The quantitative estimate of drug-likeness (QED) is 0.569. The van der Waals surface area contributed by atoms with Crippen LogP contribution >= 0.6 is 0 Å². The van der Waals surface area contributed by atoms with E-state index >= 15 is 0 Å². The van der Waals surface area contributed by atoms with Gasteiger partial charge in [0.1, 0.15) is 0 Å². The van der Waals surface area contributed by atoms with Crippen LogP contribution in [0.3, 0.4) is 0 Å². The molecule has 0 heterocycles. The van der Waals surface area contributed by atoms with Crippen molar-refractivity contribution < 1.29 is 19.5 Å². The Balaban J connectivity index is 0.000001000. The van der Waals surface area contributed by atoms with Gasteiger partial charge in [0, 0.05) is 19.5 Å². The Morgan fingerprint density at radius 2 is 1.09 bits per heavy atom. The Morgan fingerprint density at radius 1 is 0.818 bits per heavy atom. The average Bonchev–Trinajstić information content (AvgIpc) is 2.07. The van der Waals surface area contributed by atoms with Gasteiger partial charge in [0.15, 0.2) is 0 Å². The molecule has 0 nitrogen and oxygen atoms in total. The van der Waals surface area contributed by atoms with E-state index in [0.717, 1.165) is 0 Å². The predicted molar refractivity (Wildman–Crippen MR) is 45.9 cm³/mol. The maximum atomic E-state index is 2.28. The van der Waals surface area contributed by atoms with Crippen molar-refractivity contribution in [1.29, 1.82) is 0 Å². The van der Waals surface area contributed by atoms with Crippen molar-refractivity contribution in [2.24, 2.45) is 5.92 Å². The molecule has 0 saturated heterocycles. The van der Waals surface area contributed by atoms with Crippen LogP contribution in [0.1, 0.15) is 34.6 Å². The third-order valence-electron chi connectivity index (χ3n) is 3.04. The minimum absolute atomic E-state index is 0. The zero-order chi connectivity index (χ0) is 7.89. The molecule has 0 bridgehead atoms. The molecule has 1 heteroatoms. The van der Waals surface area contributed by atoms with E-state index in [4.69, 9.17) is 0 Å². The first-order valence-corrected chi connectivity index (χ1v) is 3.90. The zero-order valence-electron chi connectivity index (χ0n) is 7.91. The van der Waals surface area contributed by atoms with Crippen LogP contribution in [0.15, 0.2) is 22.3 Å². The molecule has 0 atom stereocenters. The van der Waals surface area contributed by atoms with Crippen LogP contribution in [-0.2, 0) is 19.5 Å². The van der Waals surface area contributed by atoms with Gasteiger partial charge in [-0.15, -0.1) is 0 Å². The zero-order valence-corrected chi connectivity index (χ0v) is 9.55. The van der Waals surface area contributed by atoms with Crippen LogP contribution in [0, 0.1) is 5.92 Å². The number of hydrogen-bond donors (Lipinski definition) is 0. The summed E-state index contributed by atoms with van der Waals surface area (Å²) in [6.07, 6.45) is 0. The minimum atomic E-state index is 0. The summed E-state index contributed by atoms with van der Waals surface area (Å²) in [6, 6.07) is 0. The molecule has 0 amide bonds. The second-order valence-electron chi connectivity index (χ2n) is 3.34. The number of hydrogen-bond acceptors (Lipinski definition) is 0. The van der Waals surface area contributed by atoms with Crippen LogP contribution in [0.2, 0.25) is 0 Å². The standard InChI is InChI=1S/C10H16.Rh/c1-6-7(2)9(4)10(5)8(6)3;/h6H,1-5H3;. The summed E-state index contributed by atoms with van der Waals surface area (Å²) in [7, 11) is 0. The van der Waals surface area contributed by atoms with Gasteiger partial charge in [-0.2, -0.15) is 0 Å². The molecule has 0 unspecified atom stereocenters. The van der Waals surface area contributed by atoms with Crippen LogP contribution in [-0.4, -0.2) is 0 Å². The van der Waals surface area contributed by atoms with E-state index in [2.05, 4.69) is 34.6 Å². The van der Waals surface area contributed by atoms with E-state index in [-0.39, 0.29) is 19.5 Å². The number of rotatable bonds is 0. The van der Waals surface area contributed by atoms with E-state index in [0.29, 0.717) is 5.92 Å². The number of allylic oxidation sites excluding steroid dienone is 4. The van der Waals surface area contributed by atoms with E-state index in [1.54, 1.807) is 11.1 Å². The molecule has 11 heavy (non-hydrogen) atoms. The van der Waals surface area contributed by atoms with Gasteiger partial charge < -0.3 is 0 Å². The van der Waals surface area contributed by atoms with Crippen molar-refractivity contribution in [3.05, 3.63) is 22.3 Å². The van der Waals surface area contributed by atoms with E-state index < -0.39 is 0 Å². The topological polar surface area (TPSA) is 0 Å². The molecule has 0 N–H and O–H groups in total. The van der Waals surface area contributed by atoms with Gasteiger partial charge >= 0.3 is 0 Å². The smallest absolute Gasteiger partial charge is 0 e. The third-order valence-corrected chi connectivity index (χ3v) is 3.04. The van der Waals surface area contributed by atoms with Gasteiger partial charge in [0.05, 0.1) is 0 Å². The average molecular weight is 239 g/mol. The SMILES string of the molecule is CC1=C(C)C(C)C(C)=C1C.[Rh]. The van der Waals surface area contributed by atoms with Crippen molar-refractivity contribution in [2.45, 2.75) is 34.6 Å². The largest absolute Gasteiger partial charge is 0.0632 e. The van der Waals surface area contributed by atoms with E-state index in [1.807, 2.05) is 0 Å². The molecule has 0 aromatic carbocycles. The summed E-state index contributed by atoms with van der Waals surface area (Å²) in [5.74, 6) is 0.694. The van der Waals surface area contributed by atoms with Crippen LogP contribution in [0.25, 0.3) is 0 Å². The molecule has 65 valence electrons. The first-order valence-electron chi connectivity index (χ1n) is 3.90.